The third-order valence-electron chi connectivity index (χ3n) is 2.53. The van der Waals surface area contributed by atoms with Gasteiger partial charge in [-0.3, -0.25) is 4.79 Å². The van der Waals surface area contributed by atoms with Gasteiger partial charge in [-0.1, -0.05) is 12.1 Å². The van der Waals surface area contributed by atoms with E-state index >= 15 is 0 Å². The standard InChI is InChI=1S/C14H11FO3/c1-18-13-6-5-10(8-12(13)16)14(17)9-3-2-4-11(15)7-9/h2-8,16H,1H3. The van der Waals surface area contributed by atoms with Crippen LogP contribution in [-0.2, 0) is 0 Å². The second-order valence-corrected chi connectivity index (χ2v) is 3.73. The molecule has 0 saturated heterocycles. The van der Waals surface area contributed by atoms with Crippen LogP contribution in [0.3, 0.4) is 0 Å². The average molecular weight is 246 g/mol. The largest absolute Gasteiger partial charge is 0.504 e. The van der Waals surface area contributed by atoms with Gasteiger partial charge in [0.15, 0.2) is 17.3 Å². The van der Waals surface area contributed by atoms with Gasteiger partial charge in [-0.05, 0) is 30.3 Å². The highest BCUT2D eigenvalue weighted by atomic mass is 19.1. The van der Waals surface area contributed by atoms with Crippen molar-refractivity contribution in [2.24, 2.45) is 0 Å². The monoisotopic (exact) mass is 246 g/mol. The van der Waals surface area contributed by atoms with Crippen LogP contribution in [0.4, 0.5) is 4.39 Å². The summed E-state index contributed by atoms with van der Waals surface area (Å²) in [5.74, 6) is -0.670. The molecule has 0 aliphatic carbocycles. The van der Waals surface area contributed by atoms with Crippen molar-refractivity contribution < 1.29 is 19.0 Å². The van der Waals surface area contributed by atoms with Crippen LogP contribution in [0.5, 0.6) is 11.5 Å². The molecule has 0 unspecified atom stereocenters. The maximum absolute atomic E-state index is 13.0. The maximum atomic E-state index is 13.0. The van der Waals surface area contributed by atoms with E-state index in [4.69, 9.17) is 4.74 Å². The first-order valence-electron chi connectivity index (χ1n) is 5.29. The number of benzene rings is 2. The van der Waals surface area contributed by atoms with Gasteiger partial charge in [0.1, 0.15) is 5.82 Å². The average Bonchev–Trinajstić information content (AvgIpc) is 2.37. The molecule has 0 saturated carbocycles. The van der Waals surface area contributed by atoms with Crippen LogP contribution in [0.2, 0.25) is 0 Å². The Hall–Kier alpha value is -2.36. The lowest BCUT2D eigenvalue weighted by Gasteiger charge is -2.05. The molecule has 1 N–H and O–H groups in total. The molecule has 18 heavy (non-hydrogen) atoms. The number of aromatic hydroxyl groups is 1. The molecular weight excluding hydrogens is 235 g/mol. The highest BCUT2D eigenvalue weighted by Gasteiger charge is 2.12. The molecule has 0 aliphatic heterocycles. The Kier molecular flexibility index (Phi) is 3.28. The molecule has 2 aromatic carbocycles. The van der Waals surface area contributed by atoms with Gasteiger partial charge in [0.2, 0.25) is 0 Å². The fourth-order valence-corrected chi connectivity index (χ4v) is 1.63. The first-order valence-corrected chi connectivity index (χ1v) is 5.29. The fourth-order valence-electron chi connectivity index (χ4n) is 1.63. The van der Waals surface area contributed by atoms with E-state index in [1.54, 1.807) is 0 Å². The van der Waals surface area contributed by atoms with Gasteiger partial charge in [0.25, 0.3) is 0 Å². The van der Waals surface area contributed by atoms with Crippen LogP contribution < -0.4 is 4.74 Å². The lowest BCUT2D eigenvalue weighted by Crippen LogP contribution is -2.01. The zero-order chi connectivity index (χ0) is 13.1. The van der Waals surface area contributed by atoms with Crippen molar-refractivity contribution in [3.8, 4) is 11.5 Å². The number of phenols is 1. The second-order valence-electron chi connectivity index (χ2n) is 3.73. The lowest BCUT2D eigenvalue weighted by molar-refractivity contribution is 0.103. The Balaban J connectivity index is 2.37. The minimum Gasteiger partial charge on any atom is -0.504 e. The second kappa shape index (κ2) is 4.87. The summed E-state index contributed by atoms with van der Waals surface area (Å²) in [6.45, 7) is 0. The maximum Gasteiger partial charge on any atom is 0.193 e. The molecule has 0 bridgehead atoms. The van der Waals surface area contributed by atoms with E-state index in [0.717, 1.165) is 6.07 Å². The van der Waals surface area contributed by atoms with Gasteiger partial charge in [-0.15, -0.1) is 0 Å². The number of ketones is 1. The lowest BCUT2D eigenvalue weighted by atomic mass is 10.0. The van der Waals surface area contributed by atoms with E-state index in [0.29, 0.717) is 0 Å². The number of hydrogen-bond donors (Lipinski definition) is 1. The van der Waals surface area contributed by atoms with Crippen LogP contribution in [0.25, 0.3) is 0 Å². The number of methoxy groups -OCH3 is 1. The topological polar surface area (TPSA) is 46.5 Å². The number of carbonyl (C=O) groups is 1. The Morgan fingerprint density at radius 3 is 2.50 bits per heavy atom. The first-order chi connectivity index (χ1) is 8.61. The third-order valence-corrected chi connectivity index (χ3v) is 2.53. The molecule has 0 atom stereocenters. The van der Waals surface area contributed by atoms with Crippen molar-refractivity contribution in [3.05, 3.63) is 59.4 Å². The Morgan fingerprint density at radius 2 is 1.89 bits per heavy atom. The van der Waals surface area contributed by atoms with E-state index in [1.165, 1.54) is 43.5 Å². The van der Waals surface area contributed by atoms with Crippen LogP contribution in [-0.4, -0.2) is 18.0 Å². The van der Waals surface area contributed by atoms with Crippen molar-refractivity contribution in [2.45, 2.75) is 0 Å². The zero-order valence-electron chi connectivity index (χ0n) is 9.68. The van der Waals surface area contributed by atoms with Gasteiger partial charge < -0.3 is 9.84 Å². The van der Waals surface area contributed by atoms with E-state index in [-0.39, 0.29) is 28.4 Å². The van der Waals surface area contributed by atoms with Gasteiger partial charge in [-0.25, -0.2) is 4.39 Å². The summed E-state index contributed by atoms with van der Waals surface area (Å²) in [7, 11) is 1.42. The smallest absolute Gasteiger partial charge is 0.193 e. The zero-order valence-corrected chi connectivity index (χ0v) is 9.68. The number of rotatable bonds is 3. The highest BCUT2D eigenvalue weighted by molar-refractivity contribution is 6.09. The molecule has 92 valence electrons. The molecule has 0 aliphatic rings. The minimum absolute atomic E-state index is 0.125. The molecule has 0 heterocycles. The van der Waals surface area contributed by atoms with Crippen LogP contribution in [0.15, 0.2) is 42.5 Å². The molecule has 0 radical (unpaired) electrons. The van der Waals surface area contributed by atoms with Gasteiger partial charge in [0.05, 0.1) is 7.11 Å². The number of halogens is 1. The summed E-state index contributed by atoms with van der Waals surface area (Å²) in [4.78, 5) is 12.0. The van der Waals surface area contributed by atoms with E-state index < -0.39 is 5.82 Å². The van der Waals surface area contributed by atoms with Crippen molar-refractivity contribution >= 4 is 5.78 Å². The summed E-state index contributed by atoms with van der Waals surface area (Å²) in [5.41, 5.74) is 0.512. The SMILES string of the molecule is COc1ccc(C(=O)c2cccc(F)c2)cc1O. The summed E-state index contributed by atoms with van der Waals surface area (Å²) < 4.78 is 17.9. The number of carbonyl (C=O) groups excluding carboxylic acids is 1. The van der Waals surface area contributed by atoms with Crippen molar-refractivity contribution in [2.75, 3.05) is 7.11 Å². The van der Waals surface area contributed by atoms with Gasteiger partial charge in [0, 0.05) is 11.1 Å². The van der Waals surface area contributed by atoms with Crippen molar-refractivity contribution in [1.29, 1.82) is 0 Å². The van der Waals surface area contributed by atoms with Gasteiger partial charge in [-0.2, -0.15) is 0 Å². The Labute approximate surface area is 103 Å². The predicted octanol–water partition coefficient (Wildman–Crippen LogP) is 2.77. The number of hydrogen-bond acceptors (Lipinski definition) is 3. The Bertz CT molecular complexity index is 593. The number of ether oxygens (including phenoxy) is 1. The predicted molar refractivity (Wildman–Crippen MR) is 64.5 cm³/mol. The summed E-state index contributed by atoms with van der Waals surface area (Å²) >= 11 is 0. The number of phenolic OH excluding ortho intramolecular Hbond substituents is 1. The van der Waals surface area contributed by atoms with Crippen molar-refractivity contribution in [1.82, 2.24) is 0 Å². The van der Waals surface area contributed by atoms with Crippen LogP contribution in [0, 0.1) is 5.82 Å². The van der Waals surface area contributed by atoms with E-state index in [9.17, 15) is 14.3 Å². The minimum atomic E-state index is -0.474. The molecule has 0 aromatic heterocycles. The molecular formula is C14H11FO3. The van der Waals surface area contributed by atoms with Crippen LogP contribution >= 0.6 is 0 Å². The highest BCUT2D eigenvalue weighted by Crippen LogP contribution is 2.27. The third kappa shape index (κ3) is 2.32. The molecule has 2 rings (SSSR count). The normalized spacial score (nSPS) is 10.1. The summed E-state index contributed by atoms with van der Waals surface area (Å²) in [5, 5.41) is 9.59. The molecule has 3 nitrogen and oxygen atoms in total. The Morgan fingerprint density at radius 1 is 1.17 bits per heavy atom. The van der Waals surface area contributed by atoms with E-state index in [2.05, 4.69) is 0 Å². The molecule has 0 amide bonds. The molecule has 0 fully saturated rings. The molecule has 0 spiro atoms. The van der Waals surface area contributed by atoms with Crippen molar-refractivity contribution in [3.63, 3.8) is 0 Å². The van der Waals surface area contributed by atoms with Gasteiger partial charge >= 0.3 is 0 Å². The fraction of sp³-hybridized carbons (Fsp3) is 0.0714. The summed E-state index contributed by atoms with van der Waals surface area (Å²) in [6, 6.07) is 9.71. The summed E-state index contributed by atoms with van der Waals surface area (Å²) in [6.07, 6.45) is 0. The molecule has 2 aromatic rings. The first kappa shape index (κ1) is 12.1. The quantitative estimate of drug-likeness (QED) is 0.847. The van der Waals surface area contributed by atoms with Crippen LogP contribution in [0.1, 0.15) is 15.9 Å². The van der Waals surface area contributed by atoms with E-state index in [1.807, 2.05) is 0 Å². The molecule has 4 heteroatoms.